The number of hydrogen-bond acceptors (Lipinski definition) is 2. The number of aromatic carboxylic acids is 1. The Morgan fingerprint density at radius 3 is 2.38 bits per heavy atom. The van der Waals surface area contributed by atoms with Gasteiger partial charge in [-0.3, -0.25) is 0 Å². The fourth-order valence-corrected chi connectivity index (χ4v) is 2.16. The summed E-state index contributed by atoms with van der Waals surface area (Å²) in [5, 5.41) is 11.7. The summed E-state index contributed by atoms with van der Waals surface area (Å²) in [4.78, 5) is 10.9. The maximum absolute atomic E-state index is 13.7. The maximum Gasteiger partial charge on any atom is 0.338 e. The van der Waals surface area contributed by atoms with E-state index in [1.807, 2.05) is 24.3 Å². The summed E-state index contributed by atoms with van der Waals surface area (Å²) < 4.78 is 28.0. The van der Waals surface area contributed by atoms with Gasteiger partial charge in [-0.15, -0.1) is 0 Å². The molecule has 3 nitrogen and oxygen atoms in total. The molecule has 2 rings (SSSR count). The van der Waals surface area contributed by atoms with E-state index in [1.54, 1.807) is 6.92 Å². The summed E-state index contributed by atoms with van der Waals surface area (Å²) in [6.07, 6.45) is 0. The summed E-state index contributed by atoms with van der Waals surface area (Å²) >= 11 is 3.32. The van der Waals surface area contributed by atoms with Gasteiger partial charge in [-0.25, -0.2) is 13.6 Å². The van der Waals surface area contributed by atoms with Gasteiger partial charge in [0.1, 0.15) is 11.6 Å². The third kappa shape index (κ3) is 3.58. The summed E-state index contributed by atoms with van der Waals surface area (Å²) in [7, 11) is 0. The molecule has 0 bridgehead atoms. The second-order valence-corrected chi connectivity index (χ2v) is 5.45. The van der Waals surface area contributed by atoms with Gasteiger partial charge in [0.25, 0.3) is 0 Å². The predicted octanol–water partition coefficient (Wildman–Crippen LogP) is 4.60. The Labute approximate surface area is 128 Å². The third-order valence-electron chi connectivity index (χ3n) is 3.03. The van der Waals surface area contributed by atoms with Gasteiger partial charge >= 0.3 is 5.97 Å². The van der Waals surface area contributed by atoms with Gasteiger partial charge in [-0.2, -0.15) is 0 Å². The number of halogens is 3. The lowest BCUT2D eigenvalue weighted by Crippen LogP contribution is -2.10. The van der Waals surface area contributed by atoms with Crippen LogP contribution in [0.4, 0.5) is 14.5 Å². The van der Waals surface area contributed by atoms with Crippen molar-refractivity contribution in [2.45, 2.75) is 13.0 Å². The molecule has 2 aromatic carbocycles. The van der Waals surface area contributed by atoms with Crippen molar-refractivity contribution >= 4 is 27.6 Å². The highest BCUT2D eigenvalue weighted by atomic mass is 79.9. The van der Waals surface area contributed by atoms with Crippen molar-refractivity contribution in [3.63, 3.8) is 0 Å². The lowest BCUT2D eigenvalue weighted by atomic mass is 10.1. The van der Waals surface area contributed by atoms with Crippen LogP contribution in [-0.2, 0) is 0 Å². The van der Waals surface area contributed by atoms with Gasteiger partial charge in [0.15, 0.2) is 0 Å². The second-order valence-electron chi connectivity index (χ2n) is 4.53. The fourth-order valence-electron chi connectivity index (χ4n) is 1.89. The molecule has 0 aliphatic carbocycles. The van der Waals surface area contributed by atoms with Crippen LogP contribution < -0.4 is 5.32 Å². The molecule has 0 fully saturated rings. The van der Waals surface area contributed by atoms with Crippen LogP contribution >= 0.6 is 15.9 Å². The molecule has 0 amide bonds. The Morgan fingerprint density at radius 2 is 1.81 bits per heavy atom. The van der Waals surface area contributed by atoms with E-state index < -0.39 is 23.2 Å². The smallest absolute Gasteiger partial charge is 0.338 e. The monoisotopic (exact) mass is 355 g/mol. The molecule has 1 unspecified atom stereocenters. The van der Waals surface area contributed by atoms with E-state index in [0.29, 0.717) is 6.07 Å². The highest BCUT2D eigenvalue weighted by Crippen LogP contribution is 2.25. The molecule has 21 heavy (non-hydrogen) atoms. The zero-order chi connectivity index (χ0) is 15.6. The van der Waals surface area contributed by atoms with Crippen LogP contribution in [0.2, 0.25) is 0 Å². The standard InChI is InChI=1S/C15H12BrF2NO2/c1-8(9-2-4-10(16)5-3-9)19-14-6-11(15(20)21)12(17)7-13(14)18/h2-8,19H,1H3,(H,20,21). The molecule has 1 atom stereocenters. The first-order valence-corrected chi connectivity index (χ1v) is 6.92. The first-order chi connectivity index (χ1) is 9.88. The van der Waals surface area contributed by atoms with Crippen LogP contribution in [-0.4, -0.2) is 11.1 Å². The molecule has 0 aliphatic heterocycles. The largest absolute Gasteiger partial charge is 0.478 e. The topological polar surface area (TPSA) is 49.3 Å². The van der Waals surface area contributed by atoms with E-state index >= 15 is 0 Å². The Balaban J connectivity index is 2.28. The van der Waals surface area contributed by atoms with Crippen LogP contribution in [0.15, 0.2) is 40.9 Å². The average Bonchev–Trinajstić information content (AvgIpc) is 2.42. The second kappa shape index (κ2) is 6.22. The molecule has 0 radical (unpaired) electrons. The molecule has 0 heterocycles. The SMILES string of the molecule is CC(Nc1cc(C(=O)O)c(F)cc1F)c1ccc(Br)cc1. The quantitative estimate of drug-likeness (QED) is 0.842. The van der Waals surface area contributed by atoms with Crippen LogP contribution in [0.1, 0.15) is 28.9 Å². The third-order valence-corrected chi connectivity index (χ3v) is 3.56. The van der Waals surface area contributed by atoms with Gasteiger partial charge in [0, 0.05) is 16.6 Å². The lowest BCUT2D eigenvalue weighted by molar-refractivity contribution is 0.0692. The summed E-state index contributed by atoms with van der Waals surface area (Å²) in [5.41, 5.74) is 0.268. The number of carboxylic acids is 1. The number of carboxylic acid groups (broad SMARTS) is 1. The molecule has 0 spiro atoms. The molecule has 2 N–H and O–H groups in total. The van der Waals surface area contributed by atoms with E-state index in [9.17, 15) is 13.6 Å². The minimum Gasteiger partial charge on any atom is -0.478 e. The number of rotatable bonds is 4. The average molecular weight is 356 g/mol. The van der Waals surface area contributed by atoms with Crippen LogP contribution in [0.3, 0.4) is 0 Å². The zero-order valence-corrected chi connectivity index (χ0v) is 12.6. The van der Waals surface area contributed by atoms with Crippen LogP contribution in [0, 0.1) is 11.6 Å². The molecule has 2 aromatic rings. The molecular weight excluding hydrogens is 344 g/mol. The molecule has 110 valence electrons. The summed E-state index contributed by atoms with van der Waals surface area (Å²) in [6.45, 7) is 1.80. The number of hydrogen-bond donors (Lipinski definition) is 2. The minimum absolute atomic E-state index is 0.0516. The highest BCUT2D eigenvalue weighted by Gasteiger charge is 2.16. The van der Waals surface area contributed by atoms with Crippen molar-refractivity contribution < 1.29 is 18.7 Å². The van der Waals surface area contributed by atoms with Gasteiger partial charge < -0.3 is 10.4 Å². The number of anilines is 1. The van der Waals surface area contributed by atoms with Crippen molar-refractivity contribution in [3.05, 3.63) is 63.6 Å². The Morgan fingerprint density at radius 1 is 1.19 bits per heavy atom. The van der Waals surface area contributed by atoms with E-state index in [2.05, 4.69) is 21.2 Å². The van der Waals surface area contributed by atoms with Gasteiger partial charge in [-0.05, 0) is 30.7 Å². The molecule has 0 aliphatic rings. The first-order valence-electron chi connectivity index (χ1n) is 6.13. The Hall–Kier alpha value is -1.95. The number of carbonyl (C=O) groups is 1. The molecular formula is C15H12BrF2NO2. The maximum atomic E-state index is 13.7. The fraction of sp³-hybridized carbons (Fsp3) is 0.133. The van der Waals surface area contributed by atoms with Crippen molar-refractivity contribution in [2.24, 2.45) is 0 Å². The highest BCUT2D eigenvalue weighted by molar-refractivity contribution is 9.10. The van der Waals surface area contributed by atoms with Crippen LogP contribution in [0.5, 0.6) is 0 Å². The Kier molecular flexibility index (Phi) is 4.57. The number of nitrogens with one attached hydrogen (secondary N) is 1. The van der Waals surface area contributed by atoms with Crippen LogP contribution in [0.25, 0.3) is 0 Å². The first kappa shape index (κ1) is 15.4. The van der Waals surface area contributed by atoms with E-state index in [1.165, 1.54) is 0 Å². The molecule has 0 saturated carbocycles. The Bertz CT molecular complexity index is 674. The van der Waals surface area contributed by atoms with E-state index in [4.69, 9.17) is 5.11 Å². The summed E-state index contributed by atoms with van der Waals surface area (Å²) in [6, 6.07) is 8.65. The van der Waals surface area contributed by atoms with Crippen molar-refractivity contribution in [1.29, 1.82) is 0 Å². The van der Waals surface area contributed by atoms with Crippen molar-refractivity contribution in [3.8, 4) is 0 Å². The minimum atomic E-state index is -1.44. The van der Waals surface area contributed by atoms with Gasteiger partial charge in [-0.1, -0.05) is 28.1 Å². The predicted molar refractivity (Wildman–Crippen MR) is 79.5 cm³/mol. The lowest BCUT2D eigenvalue weighted by Gasteiger charge is -2.17. The zero-order valence-electron chi connectivity index (χ0n) is 11.0. The van der Waals surface area contributed by atoms with E-state index in [-0.39, 0.29) is 11.7 Å². The molecule has 0 saturated heterocycles. The van der Waals surface area contributed by atoms with E-state index in [0.717, 1.165) is 16.1 Å². The molecule has 0 aromatic heterocycles. The van der Waals surface area contributed by atoms with Gasteiger partial charge in [0.2, 0.25) is 0 Å². The normalized spacial score (nSPS) is 12.0. The molecule has 6 heteroatoms. The summed E-state index contributed by atoms with van der Waals surface area (Å²) in [5.74, 6) is -3.37. The number of benzene rings is 2. The van der Waals surface area contributed by atoms with Crippen molar-refractivity contribution in [1.82, 2.24) is 0 Å². The van der Waals surface area contributed by atoms with Crippen molar-refractivity contribution in [2.75, 3.05) is 5.32 Å². The van der Waals surface area contributed by atoms with Gasteiger partial charge in [0.05, 0.1) is 11.3 Å².